The van der Waals surface area contributed by atoms with Gasteiger partial charge in [0.15, 0.2) is 5.71 Å². The summed E-state index contributed by atoms with van der Waals surface area (Å²) in [6.07, 6.45) is 3.94. The highest BCUT2D eigenvalue weighted by molar-refractivity contribution is 6.38. The number of carbonyl (C=O) groups excluding carboxylic acids is 2. The molecule has 2 aliphatic heterocycles. The van der Waals surface area contributed by atoms with Gasteiger partial charge in [-0.25, -0.2) is 19.4 Å². The maximum absolute atomic E-state index is 12.3. The van der Waals surface area contributed by atoms with Crippen LogP contribution in [0.3, 0.4) is 0 Å². The predicted molar refractivity (Wildman–Crippen MR) is 86.4 cm³/mol. The normalized spacial score (nSPS) is 38.3. The topological polar surface area (TPSA) is 116 Å². The van der Waals surface area contributed by atoms with E-state index in [0.29, 0.717) is 0 Å². The summed E-state index contributed by atoms with van der Waals surface area (Å²) < 4.78 is 9.58. The van der Waals surface area contributed by atoms with Crippen molar-refractivity contribution in [3.05, 3.63) is 11.1 Å². The highest BCUT2D eigenvalue weighted by atomic mass is 17.2. The van der Waals surface area contributed by atoms with E-state index < -0.39 is 41.7 Å². The molecule has 0 aromatic heterocycles. The maximum atomic E-state index is 12.3. The minimum Gasteiger partial charge on any atom is -0.465 e. The average Bonchev–Trinajstić information content (AvgIpc) is 3.25. The Labute approximate surface area is 150 Å². The third-order valence-electron chi connectivity index (χ3n) is 5.82. The zero-order valence-corrected chi connectivity index (χ0v) is 14.7. The van der Waals surface area contributed by atoms with E-state index in [9.17, 15) is 14.7 Å². The molecule has 0 spiro atoms. The van der Waals surface area contributed by atoms with E-state index in [1.165, 1.54) is 26.2 Å². The van der Waals surface area contributed by atoms with Gasteiger partial charge in [0, 0.05) is 0 Å². The largest absolute Gasteiger partial charge is 0.465 e. The number of hydrazone groups is 1. The molecule has 4 aliphatic rings. The van der Waals surface area contributed by atoms with Crippen LogP contribution in [0.1, 0.15) is 32.1 Å². The van der Waals surface area contributed by atoms with Crippen LogP contribution < -0.4 is 5.43 Å². The lowest BCUT2D eigenvalue weighted by Gasteiger charge is -2.41. The van der Waals surface area contributed by atoms with Crippen molar-refractivity contribution in [1.82, 2.24) is 5.43 Å². The number of rotatable bonds is 2. The van der Waals surface area contributed by atoms with Crippen molar-refractivity contribution in [1.29, 1.82) is 0 Å². The molecule has 2 heterocycles. The number of nitrogens with zero attached hydrogens (tertiary/aromatic N) is 1. The Kier molecular flexibility index (Phi) is 4.25. The van der Waals surface area contributed by atoms with Crippen molar-refractivity contribution >= 4 is 17.7 Å². The number of ether oxygens (including phenoxy) is 2. The molecule has 5 atom stereocenters. The average molecular weight is 366 g/mol. The first-order chi connectivity index (χ1) is 12.5. The Morgan fingerprint density at radius 1 is 1.15 bits per heavy atom. The molecule has 2 N–H and O–H groups in total. The molecule has 1 unspecified atom stereocenters. The number of hydrogen-bond donors (Lipinski definition) is 2. The molecule has 0 amide bonds. The van der Waals surface area contributed by atoms with Crippen LogP contribution in [0.2, 0.25) is 0 Å². The van der Waals surface area contributed by atoms with Gasteiger partial charge in [-0.2, -0.15) is 5.10 Å². The first kappa shape index (κ1) is 17.4. The molecule has 3 fully saturated rings. The number of allylic oxidation sites excluding steroid dienone is 1. The van der Waals surface area contributed by atoms with Gasteiger partial charge in [-0.15, -0.1) is 0 Å². The number of hydrogen-bond acceptors (Lipinski definition) is 9. The summed E-state index contributed by atoms with van der Waals surface area (Å²) in [5.41, 5.74) is 2.51. The number of fused-ring (bicyclic) bond motifs is 5. The van der Waals surface area contributed by atoms with Crippen LogP contribution in [0.5, 0.6) is 0 Å². The fourth-order valence-electron chi connectivity index (χ4n) is 4.65. The molecule has 1 saturated heterocycles. The first-order valence-corrected chi connectivity index (χ1v) is 8.80. The zero-order valence-electron chi connectivity index (χ0n) is 14.7. The lowest BCUT2D eigenvalue weighted by atomic mass is 9.79. The van der Waals surface area contributed by atoms with Gasteiger partial charge in [0.25, 0.3) is 5.72 Å². The summed E-state index contributed by atoms with van der Waals surface area (Å²) in [6.45, 7) is 0. The molecule has 9 nitrogen and oxygen atoms in total. The van der Waals surface area contributed by atoms with Crippen LogP contribution in [-0.2, 0) is 28.8 Å². The fraction of sp³-hybridized carbons (Fsp3) is 0.706. The van der Waals surface area contributed by atoms with Gasteiger partial charge in [-0.3, -0.25) is 5.43 Å². The van der Waals surface area contributed by atoms with E-state index in [0.717, 1.165) is 31.3 Å². The molecule has 142 valence electrons. The smallest absolute Gasteiger partial charge is 0.361 e. The Hall–Kier alpha value is -1.97. The van der Waals surface area contributed by atoms with Gasteiger partial charge in [-0.05, 0) is 31.3 Å². The quantitative estimate of drug-likeness (QED) is 0.404. The monoisotopic (exact) mass is 366 g/mol. The van der Waals surface area contributed by atoms with Crippen molar-refractivity contribution in [2.45, 2.75) is 50.0 Å². The Morgan fingerprint density at radius 3 is 2.50 bits per heavy atom. The van der Waals surface area contributed by atoms with Crippen molar-refractivity contribution in [2.24, 2.45) is 16.9 Å². The molecule has 2 aliphatic carbocycles. The molecule has 0 aromatic rings. The van der Waals surface area contributed by atoms with Crippen LogP contribution in [0, 0.1) is 11.8 Å². The van der Waals surface area contributed by atoms with Crippen LogP contribution in [0.4, 0.5) is 0 Å². The fourth-order valence-corrected chi connectivity index (χ4v) is 4.65. The summed E-state index contributed by atoms with van der Waals surface area (Å²) in [4.78, 5) is 35.5. The second-order valence-electron chi connectivity index (χ2n) is 7.06. The zero-order chi connectivity index (χ0) is 18.5. The summed E-state index contributed by atoms with van der Waals surface area (Å²) >= 11 is 0. The van der Waals surface area contributed by atoms with Crippen LogP contribution in [0.25, 0.3) is 0 Å². The van der Waals surface area contributed by atoms with Crippen molar-refractivity contribution in [3.63, 3.8) is 0 Å². The highest BCUT2D eigenvalue weighted by Gasteiger charge is 2.69. The summed E-state index contributed by atoms with van der Waals surface area (Å²) in [5.74, 6) is -2.98. The molecule has 0 aromatic carbocycles. The van der Waals surface area contributed by atoms with E-state index in [4.69, 9.17) is 19.2 Å². The standard InChI is InChI=1S/C17H22N2O7/c1-23-15(20)12-10-11(17(22,19-18-12)16(21)24-2)14-9(13(10)25-26-14)8-6-4-3-5-7-8/h10-11,13-14,19,22H,3-7H2,1-2H3/t10-,11-,13-,14+,17?/m1/s1. The molecule has 9 heteroatoms. The van der Waals surface area contributed by atoms with E-state index in [2.05, 4.69) is 10.5 Å². The second-order valence-corrected chi connectivity index (χ2v) is 7.06. The number of esters is 2. The number of carbonyl (C=O) groups is 2. The van der Waals surface area contributed by atoms with Gasteiger partial charge < -0.3 is 14.6 Å². The van der Waals surface area contributed by atoms with Gasteiger partial charge in [-0.1, -0.05) is 12.0 Å². The molecule has 4 rings (SSSR count). The van der Waals surface area contributed by atoms with Crippen molar-refractivity contribution < 1.29 is 33.9 Å². The van der Waals surface area contributed by atoms with Crippen LogP contribution >= 0.6 is 0 Å². The molecule has 2 bridgehead atoms. The van der Waals surface area contributed by atoms with E-state index in [-0.39, 0.29) is 5.71 Å². The summed E-state index contributed by atoms with van der Waals surface area (Å²) in [6, 6.07) is 0. The minimum absolute atomic E-state index is 0.0794. The Morgan fingerprint density at radius 2 is 1.85 bits per heavy atom. The number of methoxy groups -OCH3 is 2. The van der Waals surface area contributed by atoms with Gasteiger partial charge in [0.1, 0.15) is 12.2 Å². The SMILES string of the molecule is COC(=O)C1=NNC(O)(C(=O)OC)[C@@H]2[C@H]1[C@@H]1OO[C@H]2C1=C1CCCCC1. The molecular weight excluding hydrogens is 344 g/mol. The maximum Gasteiger partial charge on any atom is 0.361 e. The molecule has 2 saturated carbocycles. The molecular formula is C17H22N2O7. The van der Waals surface area contributed by atoms with Crippen molar-refractivity contribution in [2.75, 3.05) is 14.2 Å². The number of aliphatic hydroxyl groups is 1. The summed E-state index contributed by atoms with van der Waals surface area (Å²) in [7, 11) is 2.44. The van der Waals surface area contributed by atoms with E-state index >= 15 is 0 Å². The van der Waals surface area contributed by atoms with Gasteiger partial charge in [0.2, 0.25) is 0 Å². The van der Waals surface area contributed by atoms with Gasteiger partial charge in [0.05, 0.1) is 26.1 Å². The van der Waals surface area contributed by atoms with Crippen LogP contribution in [0.15, 0.2) is 16.2 Å². The van der Waals surface area contributed by atoms with E-state index in [1.807, 2.05) is 0 Å². The first-order valence-electron chi connectivity index (χ1n) is 8.80. The Bertz CT molecular complexity index is 695. The summed E-state index contributed by atoms with van der Waals surface area (Å²) in [5, 5.41) is 15.0. The second kappa shape index (κ2) is 6.33. The van der Waals surface area contributed by atoms with Gasteiger partial charge >= 0.3 is 11.9 Å². The Balaban J connectivity index is 1.82. The molecule has 0 radical (unpaired) electrons. The van der Waals surface area contributed by atoms with E-state index in [1.54, 1.807) is 0 Å². The highest BCUT2D eigenvalue weighted by Crippen LogP contribution is 2.54. The van der Waals surface area contributed by atoms with Crippen LogP contribution in [-0.4, -0.2) is 54.9 Å². The lowest BCUT2D eigenvalue weighted by Crippen LogP contribution is -2.66. The molecule has 26 heavy (non-hydrogen) atoms. The lowest BCUT2D eigenvalue weighted by molar-refractivity contribution is -0.348. The predicted octanol–water partition coefficient (Wildman–Crippen LogP) is 0.186. The minimum atomic E-state index is -2.11. The number of nitrogens with one attached hydrogen (secondary N) is 1. The third-order valence-corrected chi connectivity index (χ3v) is 5.82. The third kappa shape index (κ3) is 2.30. The van der Waals surface area contributed by atoms with Crippen molar-refractivity contribution in [3.8, 4) is 0 Å².